The zero-order valence-electron chi connectivity index (χ0n) is 11.9. The van der Waals surface area contributed by atoms with Gasteiger partial charge in [-0.15, -0.1) is 0 Å². The van der Waals surface area contributed by atoms with Gasteiger partial charge in [0.05, 0.1) is 5.56 Å². The number of aromatic nitrogens is 1. The van der Waals surface area contributed by atoms with Gasteiger partial charge in [-0.25, -0.2) is 4.98 Å². The van der Waals surface area contributed by atoms with Crippen molar-refractivity contribution in [1.29, 1.82) is 0 Å². The maximum atomic E-state index is 5.95. The summed E-state index contributed by atoms with van der Waals surface area (Å²) in [6, 6.07) is 11.5. The van der Waals surface area contributed by atoms with Crippen LogP contribution in [0, 0.1) is 0 Å². The number of benzene rings is 1. The number of pyridine rings is 1. The van der Waals surface area contributed by atoms with Gasteiger partial charge in [-0.3, -0.25) is 0 Å². The third kappa shape index (κ3) is 3.14. The summed E-state index contributed by atoms with van der Waals surface area (Å²) in [6.07, 6.45) is 1.66. The average Bonchev–Trinajstić information content (AvgIpc) is 2.38. The molecule has 0 saturated heterocycles. The van der Waals surface area contributed by atoms with Crippen LogP contribution in [0.5, 0.6) is 11.6 Å². The van der Waals surface area contributed by atoms with E-state index in [4.69, 9.17) is 22.7 Å². The molecule has 0 aliphatic carbocycles. The first kappa shape index (κ1) is 14.5. The molecule has 0 atom stereocenters. The van der Waals surface area contributed by atoms with Crippen molar-refractivity contribution in [3.63, 3.8) is 0 Å². The van der Waals surface area contributed by atoms with Crippen molar-refractivity contribution in [3.8, 4) is 11.6 Å². The Hall–Kier alpha value is -1.94. The van der Waals surface area contributed by atoms with E-state index in [9.17, 15) is 0 Å². The SMILES string of the molecule is CC(C)(C)c1ccccc1Oc1ncccc1C(N)=S. The van der Waals surface area contributed by atoms with Gasteiger partial charge in [-0.2, -0.15) is 0 Å². The van der Waals surface area contributed by atoms with Gasteiger partial charge in [-0.1, -0.05) is 51.2 Å². The summed E-state index contributed by atoms with van der Waals surface area (Å²) >= 11 is 5.03. The lowest BCUT2D eigenvalue weighted by Crippen LogP contribution is -2.14. The Morgan fingerprint density at radius 2 is 1.85 bits per heavy atom. The molecule has 1 aromatic carbocycles. The molecule has 104 valence electrons. The highest BCUT2D eigenvalue weighted by Crippen LogP contribution is 2.34. The van der Waals surface area contributed by atoms with Crippen LogP contribution in [0.3, 0.4) is 0 Å². The Balaban J connectivity index is 2.44. The van der Waals surface area contributed by atoms with Crippen molar-refractivity contribution >= 4 is 17.2 Å². The van der Waals surface area contributed by atoms with Crippen LogP contribution in [0.1, 0.15) is 31.9 Å². The number of ether oxygens (including phenoxy) is 1. The first-order chi connectivity index (χ1) is 9.39. The minimum atomic E-state index is -0.0191. The van der Waals surface area contributed by atoms with E-state index in [0.29, 0.717) is 11.4 Å². The molecule has 0 bridgehead atoms. The van der Waals surface area contributed by atoms with E-state index in [1.54, 1.807) is 12.3 Å². The largest absolute Gasteiger partial charge is 0.438 e. The van der Waals surface area contributed by atoms with E-state index in [-0.39, 0.29) is 10.4 Å². The Bertz CT molecular complexity index is 632. The molecule has 20 heavy (non-hydrogen) atoms. The zero-order valence-corrected chi connectivity index (χ0v) is 12.7. The van der Waals surface area contributed by atoms with Crippen LogP contribution in [-0.4, -0.2) is 9.97 Å². The lowest BCUT2D eigenvalue weighted by molar-refractivity contribution is 0.439. The van der Waals surface area contributed by atoms with Crippen LogP contribution in [0.25, 0.3) is 0 Å². The second-order valence-electron chi connectivity index (χ2n) is 5.57. The first-order valence-corrected chi connectivity index (χ1v) is 6.82. The second kappa shape index (κ2) is 5.59. The molecule has 0 aliphatic rings. The summed E-state index contributed by atoms with van der Waals surface area (Å²) in [6.45, 7) is 6.42. The number of para-hydroxylation sites is 1. The monoisotopic (exact) mass is 286 g/mol. The first-order valence-electron chi connectivity index (χ1n) is 6.42. The van der Waals surface area contributed by atoms with Crippen molar-refractivity contribution in [2.24, 2.45) is 5.73 Å². The summed E-state index contributed by atoms with van der Waals surface area (Å²) in [4.78, 5) is 4.51. The van der Waals surface area contributed by atoms with Gasteiger partial charge in [0.15, 0.2) is 0 Å². The molecule has 4 heteroatoms. The molecule has 0 radical (unpaired) electrons. The maximum absolute atomic E-state index is 5.95. The van der Waals surface area contributed by atoms with E-state index in [0.717, 1.165) is 11.3 Å². The molecule has 3 nitrogen and oxygen atoms in total. The zero-order chi connectivity index (χ0) is 14.8. The number of hydrogen-bond donors (Lipinski definition) is 1. The summed E-state index contributed by atoms with van der Waals surface area (Å²) in [5.74, 6) is 1.22. The summed E-state index contributed by atoms with van der Waals surface area (Å²) in [5.41, 5.74) is 7.44. The summed E-state index contributed by atoms with van der Waals surface area (Å²) in [5, 5.41) is 0. The number of hydrogen-bond acceptors (Lipinski definition) is 3. The third-order valence-electron chi connectivity index (χ3n) is 2.94. The van der Waals surface area contributed by atoms with Crippen molar-refractivity contribution < 1.29 is 4.74 Å². The van der Waals surface area contributed by atoms with Gasteiger partial charge in [0.25, 0.3) is 0 Å². The fraction of sp³-hybridized carbons (Fsp3) is 0.250. The normalized spacial score (nSPS) is 11.2. The fourth-order valence-corrected chi connectivity index (χ4v) is 2.09. The Morgan fingerprint density at radius 1 is 1.15 bits per heavy atom. The highest BCUT2D eigenvalue weighted by molar-refractivity contribution is 7.80. The smallest absolute Gasteiger partial charge is 0.229 e. The molecular formula is C16H18N2OS. The maximum Gasteiger partial charge on any atom is 0.229 e. The second-order valence-corrected chi connectivity index (χ2v) is 6.01. The number of thiocarbonyl (C=S) groups is 1. The topological polar surface area (TPSA) is 48.1 Å². The quantitative estimate of drug-likeness (QED) is 0.872. The lowest BCUT2D eigenvalue weighted by atomic mass is 9.86. The molecular weight excluding hydrogens is 268 g/mol. The minimum Gasteiger partial charge on any atom is -0.438 e. The molecule has 2 aromatic rings. The van der Waals surface area contributed by atoms with Crippen LogP contribution in [0.4, 0.5) is 0 Å². The highest BCUT2D eigenvalue weighted by Gasteiger charge is 2.20. The summed E-state index contributed by atoms with van der Waals surface area (Å²) < 4.78 is 5.95. The van der Waals surface area contributed by atoms with Gasteiger partial charge in [-0.05, 0) is 23.6 Å². The van der Waals surface area contributed by atoms with E-state index in [1.807, 2.05) is 24.3 Å². The Morgan fingerprint density at radius 3 is 2.50 bits per heavy atom. The van der Waals surface area contributed by atoms with Crippen molar-refractivity contribution in [2.45, 2.75) is 26.2 Å². The van der Waals surface area contributed by atoms with Crippen molar-refractivity contribution in [2.75, 3.05) is 0 Å². The fourth-order valence-electron chi connectivity index (χ4n) is 1.94. The summed E-state index contributed by atoms with van der Waals surface area (Å²) in [7, 11) is 0. The Kier molecular flexibility index (Phi) is 4.04. The molecule has 0 fully saturated rings. The molecule has 2 N–H and O–H groups in total. The van der Waals surface area contributed by atoms with E-state index in [1.165, 1.54) is 0 Å². The molecule has 2 rings (SSSR count). The standard InChI is InChI=1S/C16H18N2OS/c1-16(2,3)12-8-4-5-9-13(12)19-15-11(14(17)20)7-6-10-18-15/h4-10H,1-3H3,(H2,17,20). The average molecular weight is 286 g/mol. The van der Waals surface area contributed by atoms with Gasteiger partial charge < -0.3 is 10.5 Å². The van der Waals surface area contributed by atoms with Gasteiger partial charge >= 0.3 is 0 Å². The number of rotatable bonds is 3. The van der Waals surface area contributed by atoms with Crippen LogP contribution in [0.15, 0.2) is 42.6 Å². The lowest BCUT2D eigenvalue weighted by Gasteiger charge is -2.22. The molecule has 0 saturated carbocycles. The van der Waals surface area contributed by atoms with Crippen molar-refractivity contribution in [1.82, 2.24) is 4.98 Å². The predicted molar refractivity (Wildman–Crippen MR) is 85.3 cm³/mol. The van der Waals surface area contributed by atoms with Crippen LogP contribution < -0.4 is 10.5 Å². The van der Waals surface area contributed by atoms with Crippen LogP contribution in [0.2, 0.25) is 0 Å². The highest BCUT2D eigenvalue weighted by atomic mass is 32.1. The van der Waals surface area contributed by atoms with Crippen LogP contribution >= 0.6 is 12.2 Å². The molecule has 0 unspecified atom stereocenters. The van der Waals surface area contributed by atoms with E-state index < -0.39 is 0 Å². The van der Waals surface area contributed by atoms with E-state index in [2.05, 4.69) is 31.8 Å². The molecule has 0 spiro atoms. The van der Waals surface area contributed by atoms with Gasteiger partial charge in [0, 0.05) is 11.8 Å². The molecule has 1 aromatic heterocycles. The van der Waals surface area contributed by atoms with E-state index >= 15 is 0 Å². The third-order valence-corrected chi connectivity index (χ3v) is 3.16. The molecule has 0 amide bonds. The predicted octanol–water partition coefficient (Wildman–Crippen LogP) is 3.81. The van der Waals surface area contributed by atoms with Crippen LogP contribution in [-0.2, 0) is 5.41 Å². The minimum absolute atomic E-state index is 0.0191. The molecule has 0 aliphatic heterocycles. The van der Waals surface area contributed by atoms with Gasteiger partial charge in [0.2, 0.25) is 5.88 Å². The number of nitrogens with two attached hydrogens (primary N) is 1. The molecule has 1 heterocycles. The van der Waals surface area contributed by atoms with Gasteiger partial charge in [0.1, 0.15) is 10.7 Å². The van der Waals surface area contributed by atoms with Crippen molar-refractivity contribution in [3.05, 3.63) is 53.7 Å². The Labute approximate surface area is 124 Å². The number of nitrogens with zero attached hydrogens (tertiary/aromatic N) is 1.